The van der Waals surface area contributed by atoms with Crippen molar-refractivity contribution in [3.63, 3.8) is 0 Å². The number of unbranched alkanes of at least 4 members (excludes halogenated alkanes) is 2. The van der Waals surface area contributed by atoms with Crippen molar-refractivity contribution >= 4 is 5.70 Å². The largest absolute Gasteiger partial charge is 0.416 e. The fraction of sp³-hybridized carbons (Fsp3) is 0.562. The molecule has 2 aromatic carbocycles. The first-order valence-corrected chi connectivity index (χ1v) is 14.1. The van der Waals surface area contributed by atoms with Crippen LogP contribution in [0.25, 0.3) is 5.70 Å². The van der Waals surface area contributed by atoms with E-state index in [0.717, 1.165) is 35.2 Å². The minimum absolute atomic E-state index is 0.107. The molecule has 1 N–H and O–H groups in total. The van der Waals surface area contributed by atoms with Crippen LogP contribution in [0.4, 0.5) is 13.2 Å². The summed E-state index contributed by atoms with van der Waals surface area (Å²) in [6, 6.07) is 12.7. The normalized spacial score (nSPS) is 16.2. The van der Waals surface area contributed by atoms with E-state index in [1.165, 1.54) is 37.8 Å². The zero-order valence-electron chi connectivity index (χ0n) is 24.3. The van der Waals surface area contributed by atoms with Gasteiger partial charge in [-0.05, 0) is 61.7 Å². The molecule has 2 nitrogen and oxygen atoms in total. The van der Waals surface area contributed by atoms with Gasteiger partial charge in [-0.1, -0.05) is 97.6 Å². The maximum atomic E-state index is 13.2. The average Bonchev–Trinajstić information content (AvgIpc) is 3.01. The van der Waals surface area contributed by atoms with Crippen LogP contribution in [0.2, 0.25) is 0 Å². The van der Waals surface area contributed by atoms with Gasteiger partial charge in [0.25, 0.3) is 0 Å². The highest BCUT2D eigenvalue weighted by atomic mass is 19.4. The van der Waals surface area contributed by atoms with Crippen LogP contribution in [-0.2, 0) is 6.18 Å². The summed E-state index contributed by atoms with van der Waals surface area (Å²) in [6.45, 7) is 15.2. The van der Waals surface area contributed by atoms with Crippen molar-refractivity contribution in [2.75, 3.05) is 13.6 Å². The molecule has 208 valence electrons. The van der Waals surface area contributed by atoms with Crippen LogP contribution in [0.5, 0.6) is 0 Å². The van der Waals surface area contributed by atoms with Crippen molar-refractivity contribution in [3.8, 4) is 0 Å². The van der Waals surface area contributed by atoms with E-state index in [1.54, 1.807) is 13.0 Å². The van der Waals surface area contributed by atoms with Crippen molar-refractivity contribution < 1.29 is 13.2 Å². The third-order valence-electron chi connectivity index (χ3n) is 6.47. The molecule has 5 heteroatoms. The molecule has 0 bridgehead atoms. The fourth-order valence-electron chi connectivity index (χ4n) is 4.61. The Balaban J connectivity index is 0.00000127. The summed E-state index contributed by atoms with van der Waals surface area (Å²) in [4.78, 5) is 2.21. The lowest BCUT2D eigenvalue weighted by molar-refractivity contribution is -0.137. The minimum Gasteiger partial charge on any atom is -0.382 e. The SMILES string of the molecule is CC.CCC.CCCCCC(CC)NC1=CCN(C)C(c2ccc(C(F)(F)F)cc2C)c2ccccc21. The molecule has 1 aliphatic rings. The van der Waals surface area contributed by atoms with Crippen LogP contribution in [0, 0.1) is 6.92 Å². The van der Waals surface area contributed by atoms with Crippen molar-refractivity contribution in [2.45, 2.75) is 105 Å². The fourth-order valence-corrected chi connectivity index (χ4v) is 4.61. The number of halogens is 3. The number of benzene rings is 2. The Morgan fingerprint density at radius 2 is 1.62 bits per heavy atom. The second kappa shape index (κ2) is 16.5. The van der Waals surface area contributed by atoms with Gasteiger partial charge in [0, 0.05) is 23.8 Å². The number of rotatable bonds is 8. The Kier molecular flexibility index (Phi) is 14.7. The van der Waals surface area contributed by atoms with E-state index >= 15 is 0 Å². The summed E-state index contributed by atoms with van der Waals surface area (Å²) in [7, 11) is 2.04. The molecule has 2 atom stereocenters. The maximum Gasteiger partial charge on any atom is 0.416 e. The smallest absolute Gasteiger partial charge is 0.382 e. The van der Waals surface area contributed by atoms with Gasteiger partial charge in [-0.15, -0.1) is 0 Å². The Morgan fingerprint density at radius 3 is 2.19 bits per heavy atom. The Labute approximate surface area is 224 Å². The number of aryl methyl sites for hydroxylation is 1. The molecular formula is C32H49F3N2. The Morgan fingerprint density at radius 1 is 0.973 bits per heavy atom. The molecule has 0 aromatic heterocycles. The monoisotopic (exact) mass is 518 g/mol. The molecule has 0 aliphatic carbocycles. The molecule has 37 heavy (non-hydrogen) atoms. The van der Waals surface area contributed by atoms with Gasteiger partial charge in [0.2, 0.25) is 0 Å². The van der Waals surface area contributed by atoms with Crippen LogP contribution in [0.1, 0.15) is 114 Å². The van der Waals surface area contributed by atoms with Gasteiger partial charge in [-0.3, -0.25) is 4.90 Å². The standard InChI is InChI=1S/C27H35F3N2.C3H8.C2H6/c1-5-7-8-11-21(6-2)31-25-16-17-32(4)26(24-13-10-9-12-23(24)25)22-15-14-20(18-19(22)3)27(28,29)30;1-3-2;1-2/h9-10,12-16,18,21,26,31H,5-8,11,17H2,1-4H3;3H2,1-2H3;1-2H3. The van der Waals surface area contributed by atoms with E-state index in [1.807, 2.05) is 33.0 Å². The highest BCUT2D eigenvalue weighted by Gasteiger charge is 2.32. The first kappa shape index (κ1) is 32.8. The van der Waals surface area contributed by atoms with Gasteiger partial charge in [-0.25, -0.2) is 0 Å². The number of hydrogen-bond acceptors (Lipinski definition) is 2. The number of nitrogens with zero attached hydrogens (tertiary/aromatic N) is 1. The maximum absolute atomic E-state index is 13.2. The molecule has 1 aliphatic heterocycles. The zero-order valence-corrected chi connectivity index (χ0v) is 24.3. The lowest BCUT2D eigenvalue weighted by Crippen LogP contribution is -2.27. The van der Waals surface area contributed by atoms with Gasteiger partial charge in [0.15, 0.2) is 0 Å². The average molecular weight is 519 g/mol. The highest BCUT2D eigenvalue weighted by molar-refractivity contribution is 5.69. The minimum atomic E-state index is -4.33. The zero-order chi connectivity index (χ0) is 28.0. The number of likely N-dealkylation sites (N-methyl/N-ethyl adjacent to an activating group) is 1. The first-order chi connectivity index (χ1) is 17.7. The van der Waals surface area contributed by atoms with E-state index in [0.29, 0.717) is 18.2 Å². The number of hydrogen-bond donors (Lipinski definition) is 1. The van der Waals surface area contributed by atoms with Gasteiger partial charge < -0.3 is 5.32 Å². The van der Waals surface area contributed by atoms with E-state index in [9.17, 15) is 13.2 Å². The Hall–Kier alpha value is -2.27. The predicted octanol–water partition coefficient (Wildman–Crippen LogP) is 9.78. The third kappa shape index (κ3) is 9.52. The Bertz CT molecular complexity index is 949. The molecule has 2 aromatic rings. The van der Waals surface area contributed by atoms with Gasteiger partial charge >= 0.3 is 6.18 Å². The van der Waals surface area contributed by atoms with Crippen LogP contribution in [0.15, 0.2) is 48.5 Å². The summed E-state index contributed by atoms with van der Waals surface area (Å²) in [5.41, 5.74) is 4.36. The van der Waals surface area contributed by atoms with Gasteiger partial charge in [0.05, 0.1) is 11.6 Å². The summed E-state index contributed by atoms with van der Waals surface area (Å²) >= 11 is 0. The van der Waals surface area contributed by atoms with Crippen LogP contribution >= 0.6 is 0 Å². The summed E-state index contributed by atoms with van der Waals surface area (Å²) in [5, 5.41) is 3.78. The molecule has 2 unspecified atom stereocenters. The van der Waals surface area contributed by atoms with E-state index < -0.39 is 11.7 Å². The van der Waals surface area contributed by atoms with E-state index in [2.05, 4.69) is 56.1 Å². The van der Waals surface area contributed by atoms with Gasteiger partial charge in [-0.2, -0.15) is 13.2 Å². The quantitative estimate of drug-likeness (QED) is 0.350. The molecule has 0 saturated heterocycles. The third-order valence-corrected chi connectivity index (χ3v) is 6.47. The van der Waals surface area contributed by atoms with Crippen molar-refractivity contribution in [1.82, 2.24) is 10.2 Å². The summed E-state index contributed by atoms with van der Waals surface area (Å²) < 4.78 is 39.6. The number of nitrogens with one attached hydrogen (secondary N) is 1. The van der Waals surface area contributed by atoms with E-state index in [4.69, 9.17) is 0 Å². The molecule has 0 spiro atoms. The molecule has 1 heterocycles. The number of alkyl halides is 3. The lowest BCUT2D eigenvalue weighted by Gasteiger charge is -2.29. The highest BCUT2D eigenvalue weighted by Crippen LogP contribution is 2.38. The van der Waals surface area contributed by atoms with Crippen molar-refractivity contribution in [2.24, 2.45) is 0 Å². The van der Waals surface area contributed by atoms with E-state index in [-0.39, 0.29) is 6.04 Å². The lowest BCUT2D eigenvalue weighted by atomic mass is 9.89. The van der Waals surface area contributed by atoms with Crippen molar-refractivity contribution in [3.05, 3.63) is 76.4 Å². The molecule has 0 saturated carbocycles. The van der Waals surface area contributed by atoms with Crippen LogP contribution < -0.4 is 5.32 Å². The number of fused-ring (bicyclic) bond motifs is 1. The first-order valence-electron chi connectivity index (χ1n) is 14.1. The molecule has 0 radical (unpaired) electrons. The molecular weight excluding hydrogens is 469 g/mol. The second-order valence-electron chi connectivity index (χ2n) is 9.57. The molecule has 3 rings (SSSR count). The van der Waals surface area contributed by atoms with Crippen molar-refractivity contribution in [1.29, 1.82) is 0 Å². The summed E-state index contributed by atoms with van der Waals surface area (Å²) in [6.07, 6.45) is 5.00. The predicted molar refractivity (Wildman–Crippen MR) is 154 cm³/mol. The molecule has 0 fully saturated rings. The topological polar surface area (TPSA) is 15.3 Å². The second-order valence-corrected chi connectivity index (χ2v) is 9.57. The summed E-state index contributed by atoms with van der Waals surface area (Å²) in [5.74, 6) is 0. The van der Waals surface area contributed by atoms with Gasteiger partial charge in [0.1, 0.15) is 0 Å². The van der Waals surface area contributed by atoms with Crippen LogP contribution in [0.3, 0.4) is 0 Å². The molecule has 0 amide bonds. The van der Waals surface area contributed by atoms with Crippen LogP contribution in [-0.4, -0.2) is 24.5 Å².